The Morgan fingerprint density at radius 2 is 1.81 bits per heavy atom. The van der Waals surface area contributed by atoms with Crippen molar-refractivity contribution in [2.75, 3.05) is 20.2 Å². The summed E-state index contributed by atoms with van der Waals surface area (Å²) in [6, 6.07) is 6.24. The highest BCUT2D eigenvalue weighted by Crippen LogP contribution is 2.04. The number of nitrogens with one attached hydrogen (secondary N) is 1. The molecule has 0 heterocycles. The van der Waals surface area contributed by atoms with Crippen molar-refractivity contribution < 1.29 is 19.8 Å². The largest absolute Gasteiger partial charge is 0.478 e. The molecule has 116 valence electrons. The van der Waals surface area contributed by atoms with Gasteiger partial charge in [0.15, 0.2) is 0 Å². The Bertz CT molecular complexity index is 459. The fourth-order valence-corrected chi connectivity index (χ4v) is 1.82. The van der Waals surface area contributed by atoms with Gasteiger partial charge in [-0.2, -0.15) is 0 Å². The van der Waals surface area contributed by atoms with Crippen molar-refractivity contribution in [3.05, 3.63) is 35.4 Å². The fourth-order valence-electron chi connectivity index (χ4n) is 1.82. The summed E-state index contributed by atoms with van der Waals surface area (Å²) in [5.41, 5.74) is 1.08. The molecule has 6 heteroatoms. The number of hydrogen-bond donors (Lipinski definition) is 3. The number of carbonyl (C=O) groups is 2. The van der Waals surface area contributed by atoms with E-state index in [4.69, 9.17) is 10.2 Å². The van der Waals surface area contributed by atoms with E-state index in [2.05, 4.69) is 5.32 Å². The summed E-state index contributed by atoms with van der Waals surface area (Å²) >= 11 is 0. The number of aromatic carboxylic acids is 1. The molecule has 6 nitrogen and oxygen atoms in total. The van der Waals surface area contributed by atoms with E-state index in [-0.39, 0.29) is 18.2 Å². The molecule has 3 N–H and O–H groups in total. The molecular weight excluding hydrogens is 272 g/mol. The average molecular weight is 294 g/mol. The minimum atomic E-state index is -0.965. The number of unbranched alkanes of at least 4 members (excludes halogenated alkanes) is 2. The Balaban J connectivity index is 2.33. The Labute approximate surface area is 124 Å². The highest BCUT2D eigenvalue weighted by Gasteiger charge is 2.08. The molecule has 0 aromatic heterocycles. The van der Waals surface area contributed by atoms with Gasteiger partial charge in [0.2, 0.25) is 0 Å². The molecule has 0 bridgehead atoms. The van der Waals surface area contributed by atoms with E-state index in [1.807, 2.05) is 0 Å². The van der Waals surface area contributed by atoms with Crippen molar-refractivity contribution in [1.82, 2.24) is 10.2 Å². The molecule has 0 saturated carbocycles. The maximum atomic E-state index is 11.8. The number of carbonyl (C=O) groups excluding carboxylic acids is 1. The van der Waals surface area contributed by atoms with Gasteiger partial charge in [-0.1, -0.05) is 12.1 Å². The smallest absolute Gasteiger partial charge is 0.335 e. The first-order valence-corrected chi connectivity index (χ1v) is 6.96. The standard InChI is InChI=1S/C15H22N2O4/c1-17(9-3-2-4-10-18)15(21)16-11-12-5-7-13(8-6-12)14(19)20/h5-8,18H,2-4,9-11H2,1H3,(H,16,21)(H,19,20). The molecule has 0 aliphatic rings. The lowest BCUT2D eigenvalue weighted by Crippen LogP contribution is -2.37. The van der Waals surface area contributed by atoms with Crippen LogP contribution in [0, 0.1) is 0 Å². The molecule has 0 fully saturated rings. The molecule has 0 radical (unpaired) electrons. The van der Waals surface area contributed by atoms with Crippen molar-refractivity contribution >= 4 is 12.0 Å². The minimum absolute atomic E-state index is 0.165. The maximum absolute atomic E-state index is 11.8. The molecule has 0 saturated heterocycles. The summed E-state index contributed by atoms with van der Waals surface area (Å²) in [5.74, 6) is -0.965. The average Bonchev–Trinajstić information content (AvgIpc) is 2.49. The number of aliphatic hydroxyl groups is 1. The van der Waals surface area contributed by atoms with E-state index < -0.39 is 5.97 Å². The van der Waals surface area contributed by atoms with Crippen molar-refractivity contribution in [3.8, 4) is 0 Å². The van der Waals surface area contributed by atoms with Crippen LogP contribution in [-0.2, 0) is 6.54 Å². The lowest BCUT2D eigenvalue weighted by Gasteiger charge is -2.17. The van der Waals surface area contributed by atoms with Crippen molar-refractivity contribution in [1.29, 1.82) is 0 Å². The number of amides is 2. The van der Waals surface area contributed by atoms with Gasteiger partial charge in [0.25, 0.3) is 0 Å². The van der Waals surface area contributed by atoms with Gasteiger partial charge in [-0.15, -0.1) is 0 Å². The summed E-state index contributed by atoms with van der Waals surface area (Å²) in [4.78, 5) is 24.1. The zero-order valence-electron chi connectivity index (χ0n) is 12.2. The second-order valence-electron chi connectivity index (χ2n) is 4.87. The van der Waals surface area contributed by atoms with E-state index in [0.717, 1.165) is 24.8 Å². The van der Waals surface area contributed by atoms with Crippen LogP contribution in [0.25, 0.3) is 0 Å². The molecule has 0 aliphatic heterocycles. The van der Waals surface area contributed by atoms with Crippen LogP contribution in [0.5, 0.6) is 0 Å². The first-order valence-electron chi connectivity index (χ1n) is 6.96. The number of benzene rings is 1. The van der Waals surface area contributed by atoms with Crippen LogP contribution in [0.15, 0.2) is 24.3 Å². The third-order valence-electron chi connectivity index (χ3n) is 3.14. The van der Waals surface area contributed by atoms with Gasteiger partial charge in [-0.25, -0.2) is 9.59 Å². The summed E-state index contributed by atoms with van der Waals surface area (Å²) in [5, 5.41) is 20.2. The number of nitrogens with zero attached hydrogens (tertiary/aromatic N) is 1. The molecule has 0 aliphatic carbocycles. The molecule has 0 atom stereocenters. The van der Waals surface area contributed by atoms with Gasteiger partial charge in [0.05, 0.1) is 5.56 Å². The third kappa shape index (κ3) is 6.27. The predicted octanol–water partition coefficient (Wildman–Crippen LogP) is 1.69. The predicted molar refractivity (Wildman–Crippen MR) is 79.2 cm³/mol. The second-order valence-corrected chi connectivity index (χ2v) is 4.87. The normalized spacial score (nSPS) is 10.2. The quantitative estimate of drug-likeness (QED) is 0.636. The first kappa shape index (κ1) is 17.0. The van der Waals surface area contributed by atoms with E-state index >= 15 is 0 Å². The van der Waals surface area contributed by atoms with Crippen LogP contribution < -0.4 is 5.32 Å². The summed E-state index contributed by atoms with van der Waals surface area (Å²) in [7, 11) is 1.72. The Morgan fingerprint density at radius 3 is 2.38 bits per heavy atom. The number of aliphatic hydroxyl groups excluding tert-OH is 1. The van der Waals surface area contributed by atoms with Crippen LogP contribution in [0.3, 0.4) is 0 Å². The molecule has 1 aromatic carbocycles. The Kier molecular flexibility index (Phi) is 7.25. The third-order valence-corrected chi connectivity index (χ3v) is 3.14. The lowest BCUT2D eigenvalue weighted by atomic mass is 10.1. The van der Waals surface area contributed by atoms with Crippen molar-refractivity contribution in [2.45, 2.75) is 25.8 Å². The van der Waals surface area contributed by atoms with Crippen LogP contribution in [0.1, 0.15) is 35.2 Å². The Hall–Kier alpha value is -2.08. The zero-order chi connectivity index (χ0) is 15.7. The number of hydrogen-bond acceptors (Lipinski definition) is 3. The summed E-state index contributed by atoms with van der Waals surface area (Å²) < 4.78 is 0. The molecule has 21 heavy (non-hydrogen) atoms. The maximum Gasteiger partial charge on any atom is 0.335 e. The number of rotatable bonds is 8. The topological polar surface area (TPSA) is 89.9 Å². The van der Waals surface area contributed by atoms with Gasteiger partial charge in [0, 0.05) is 26.7 Å². The van der Waals surface area contributed by atoms with Crippen molar-refractivity contribution in [2.24, 2.45) is 0 Å². The van der Waals surface area contributed by atoms with Gasteiger partial charge in [-0.3, -0.25) is 0 Å². The molecule has 1 aromatic rings. The highest BCUT2D eigenvalue weighted by molar-refractivity contribution is 5.87. The van der Waals surface area contributed by atoms with E-state index in [1.54, 1.807) is 24.1 Å². The summed E-state index contributed by atoms with van der Waals surface area (Å²) in [6.45, 7) is 1.19. The van der Waals surface area contributed by atoms with E-state index in [9.17, 15) is 9.59 Å². The van der Waals surface area contributed by atoms with Crippen LogP contribution >= 0.6 is 0 Å². The fraction of sp³-hybridized carbons (Fsp3) is 0.467. The van der Waals surface area contributed by atoms with E-state index in [0.29, 0.717) is 13.1 Å². The van der Waals surface area contributed by atoms with Gasteiger partial charge in [-0.05, 0) is 37.0 Å². The molecule has 1 rings (SSSR count). The summed E-state index contributed by atoms with van der Waals surface area (Å²) in [6.07, 6.45) is 2.51. The first-order chi connectivity index (χ1) is 10.0. The number of carboxylic acid groups (broad SMARTS) is 1. The van der Waals surface area contributed by atoms with Crippen molar-refractivity contribution in [3.63, 3.8) is 0 Å². The van der Waals surface area contributed by atoms with Gasteiger partial charge in [0.1, 0.15) is 0 Å². The highest BCUT2D eigenvalue weighted by atomic mass is 16.4. The molecular formula is C15H22N2O4. The Morgan fingerprint density at radius 1 is 1.14 bits per heavy atom. The second kappa shape index (κ2) is 8.97. The SMILES string of the molecule is CN(CCCCCO)C(=O)NCc1ccc(C(=O)O)cc1. The lowest BCUT2D eigenvalue weighted by molar-refractivity contribution is 0.0697. The van der Waals surface area contributed by atoms with Crippen LogP contribution in [-0.4, -0.2) is 47.3 Å². The number of urea groups is 1. The molecule has 0 spiro atoms. The number of carboxylic acids is 1. The van der Waals surface area contributed by atoms with E-state index in [1.165, 1.54) is 12.1 Å². The molecule has 2 amide bonds. The monoisotopic (exact) mass is 294 g/mol. The van der Waals surface area contributed by atoms with Gasteiger partial charge >= 0.3 is 12.0 Å². The molecule has 0 unspecified atom stereocenters. The zero-order valence-corrected chi connectivity index (χ0v) is 12.2. The van der Waals surface area contributed by atoms with Crippen LogP contribution in [0.2, 0.25) is 0 Å². The minimum Gasteiger partial charge on any atom is -0.478 e. The van der Waals surface area contributed by atoms with Gasteiger partial charge < -0.3 is 20.4 Å². The van der Waals surface area contributed by atoms with Crippen LogP contribution in [0.4, 0.5) is 4.79 Å².